The lowest BCUT2D eigenvalue weighted by molar-refractivity contribution is -0.0937. The number of rotatable bonds is 4. The van der Waals surface area contributed by atoms with Crippen molar-refractivity contribution in [3.8, 4) is 5.69 Å². The van der Waals surface area contributed by atoms with Crippen LogP contribution in [0.4, 0.5) is 0 Å². The third-order valence-electron chi connectivity index (χ3n) is 7.76. The molecule has 0 unspecified atom stereocenters. The number of fused-ring (bicyclic) bond motifs is 3. The van der Waals surface area contributed by atoms with E-state index in [2.05, 4.69) is 107 Å². The Morgan fingerprint density at radius 3 is 1.82 bits per heavy atom. The fraction of sp³-hybridized carbons (Fsp3) is 0.379. The summed E-state index contributed by atoms with van der Waals surface area (Å²) in [5.41, 5.74) is 7.17. The first-order chi connectivity index (χ1) is 15.7. The molecule has 0 amide bonds. The maximum absolute atomic E-state index is 6.37. The van der Waals surface area contributed by atoms with Crippen LogP contribution in [-0.4, -0.2) is 23.9 Å². The molecule has 1 aliphatic rings. The van der Waals surface area contributed by atoms with Gasteiger partial charge in [0.15, 0.2) is 0 Å². The van der Waals surface area contributed by atoms with Gasteiger partial charge in [-0.1, -0.05) is 52.0 Å². The van der Waals surface area contributed by atoms with Crippen LogP contribution in [0.15, 0.2) is 60.7 Å². The van der Waals surface area contributed by atoms with E-state index in [9.17, 15) is 0 Å². The Morgan fingerprint density at radius 1 is 0.788 bits per heavy atom. The van der Waals surface area contributed by atoms with Crippen LogP contribution in [-0.2, 0) is 22.2 Å². The maximum Gasteiger partial charge on any atom is 0.494 e. The fourth-order valence-electron chi connectivity index (χ4n) is 4.70. The highest BCUT2D eigenvalue weighted by atomic mass is 16.6. The summed E-state index contributed by atoms with van der Waals surface area (Å²) in [5.74, 6) is 0. The Bertz CT molecular complexity index is 1260. The zero-order chi connectivity index (χ0) is 23.4. The van der Waals surface area contributed by atoms with Crippen LogP contribution in [0.1, 0.15) is 52.7 Å². The van der Waals surface area contributed by atoms with Crippen molar-refractivity contribution >= 4 is 34.4 Å². The fourth-order valence-corrected chi connectivity index (χ4v) is 4.70. The summed E-state index contributed by atoms with van der Waals surface area (Å²) in [4.78, 5) is 0. The first kappa shape index (κ1) is 22.2. The lowest BCUT2D eigenvalue weighted by atomic mass is 9.69. The summed E-state index contributed by atoms with van der Waals surface area (Å²) in [6.07, 6.45) is 2.08. The molecule has 4 aromatic rings. The zero-order valence-electron chi connectivity index (χ0n) is 20.7. The smallest absolute Gasteiger partial charge is 0.407 e. The standard InChI is InChI=1S/C29H34BNO2/c1-7-20-9-15-26-24(17-20)25-18-21(8-2)10-16-27(25)31(26)23-13-11-22(12-14-23)30-32-19-28(3,4)29(5,6)33-30/h9-18H,7-8,19H2,1-6H3. The monoisotopic (exact) mass is 439 g/mol. The highest BCUT2D eigenvalue weighted by Crippen LogP contribution is 2.38. The summed E-state index contributed by atoms with van der Waals surface area (Å²) >= 11 is 0. The number of nitrogens with zero attached hydrogens (tertiary/aromatic N) is 1. The molecular formula is C29H34BNO2. The van der Waals surface area contributed by atoms with Gasteiger partial charge in [-0.3, -0.25) is 0 Å². The molecule has 0 aliphatic carbocycles. The van der Waals surface area contributed by atoms with E-state index in [1.807, 2.05) is 0 Å². The average Bonchev–Trinajstić information content (AvgIpc) is 3.13. The zero-order valence-corrected chi connectivity index (χ0v) is 20.7. The van der Waals surface area contributed by atoms with Crippen molar-refractivity contribution in [2.45, 2.75) is 60.0 Å². The van der Waals surface area contributed by atoms with Gasteiger partial charge in [0.1, 0.15) is 0 Å². The van der Waals surface area contributed by atoms with Gasteiger partial charge in [0.05, 0.1) is 16.6 Å². The second-order valence-electron chi connectivity index (χ2n) is 10.5. The molecule has 3 nitrogen and oxygen atoms in total. The highest BCUT2D eigenvalue weighted by Gasteiger charge is 2.46. The molecule has 1 aliphatic heterocycles. The van der Waals surface area contributed by atoms with Gasteiger partial charge in [-0.2, -0.15) is 0 Å². The van der Waals surface area contributed by atoms with Gasteiger partial charge in [0.25, 0.3) is 0 Å². The molecule has 4 heteroatoms. The Morgan fingerprint density at radius 2 is 1.33 bits per heavy atom. The van der Waals surface area contributed by atoms with E-state index >= 15 is 0 Å². The van der Waals surface area contributed by atoms with Crippen LogP contribution in [0.25, 0.3) is 27.5 Å². The minimum absolute atomic E-state index is 0.0267. The number of aromatic nitrogens is 1. The normalized spacial score (nSPS) is 17.7. The Hall–Kier alpha value is -2.56. The second kappa shape index (κ2) is 8.04. The van der Waals surface area contributed by atoms with E-state index in [1.165, 1.54) is 32.9 Å². The first-order valence-electron chi connectivity index (χ1n) is 12.2. The van der Waals surface area contributed by atoms with E-state index in [-0.39, 0.29) is 18.1 Å². The van der Waals surface area contributed by atoms with Crippen LogP contribution in [0, 0.1) is 5.41 Å². The number of benzene rings is 3. The van der Waals surface area contributed by atoms with Crippen molar-refractivity contribution in [2.24, 2.45) is 5.41 Å². The summed E-state index contributed by atoms with van der Waals surface area (Å²) in [6, 6.07) is 22.4. The van der Waals surface area contributed by atoms with Gasteiger partial charge < -0.3 is 13.9 Å². The van der Waals surface area contributed by atoms with E-state index in [0.29, 0.717) is 6.61 Å². The van der Waals surface area contributed by atoms with Crippen LogP contribution in [0.3, 0.4) is 0 Å². The van der Waals surface area contributed by atoms with Crippen molar-refractivity contribution in [3.05, 3.63) is 71.8 Å². The van der Waals surface area contributed by atoms with Crippen LogP contribution in [0.2, 0.25) is 0 Å². The molecule has 0 atom stereocenters. The summed E-state index contributed by atoms with van der Waals surface area (Å²) in [7, 11) is -0.334. The van der Waals surface area contributed by atoms with E-state index in [0.717, 1.165) is 24.0 Å². The van der Waals surface area contributed by atoms with Crippen molar-refractivity contribution < 1.29 is 9.31 Å². The van der Waals surface area contributed by atoms with Crippen LogP contribution < -0.4 is 5.46 Å². The number of aryl methyl sites for hydroxylation is 2. The van der Waals surface area contributed by atoms with Crippen molar-refractivity contribution in [2.75, 3.05) is 6.61 Å². The molecule has 0 bridgehead atoms. The van der Waals surface area contributed by atoms with E-state index < -0.39 is 0 Å². The van der Waals surface area contributed by atoms with Gasteiger partial charge in [0.2, 0.25) is 0 Å². The Balaban J connectivity index is 1.58. The molecule has 0 radical (unpaired) electrons. The van der Waals surface area contributed by atoms with Gasteiger partial charge in [-0.25, -0.2) is 0 Å². The molecule has 1 aromatic heterocycles. The lowest BCUT2D eigenvalue weighted by Crippen LogP contribution is -2.58. The molecule has 0 N–H and O–H groups in total. The third-order valence-corrected chi connectivity index (χ3v) is 7.76. The lowest BCUT2D eigenvalue weighted by Gasteiger charge is -2.47. The SMILES string of the molecule is CCc1ccc2c(c1)c1cc(CC)ccc1n2-c1ccc(B2OCC(C)(C)C(C)(C)O2)cc1. The Labute approximate surface area is 197 Å². The predicted octanol–water partition coefficient (Wildman–Crippen LogP) is 6.46. The highest BCUT2D eigenvalue weighted by molar-refractivity contribution is 6.61. The minimum Gasteiger partial charge on any atom is -0.407 e. The summed E-state index contributed by atoms with van der Waals surface area (Å²) in [6.45, 7) is 13.8. The Kier molecular flexibility index (Phi) is 5.42. The molecule has 5 rings (SSSR count). The van der Waals surface area contributed by atoms with E-state index in [4.69, 9.17) is 9.31 Å². The summed E-state index contributed by atoms with van der Waals surface area (Å²) < 4.78 is 14.9. The molecule has 170 valence electrons. The molecule has 3 aromatic carbocycles. The topological polar surface area (TPSA) is 23.4 Å². The molecular weight excluding hydrogens is 405 g/mol. The largest absolute Gasteiger partial charge is 0.494 e. The average molecular weight is 439 g/mol. The molecule has 0 spiro atoms. The van der Waals surface area contributed by atoms with E-state index in [1.54, 1.807) is 0 Å². The molecule has 2 heterocycles. The van der Waals surface area contributed by atoms with Crippen LogP contribution >= 0.6 is 0 Å². The van der Waals surface area contributed by atoms with Crippen molar-refractivity contribution in [1.82, 2.24) is 4.57 Å². The van der Waals surface area contributed by atoms with Crippen molar-refractivity contribution in [1.29, 1.82) is 0 Å². The second-order valence-corrected chi connectivity index (χ2v) is 10.5. The quantitative estimate of drug-likeness (QED) is 0.341. The van der Waals surface area contributed by atoms with Gasteiger partial charge in [-0.05, 0) is 79.7 Å². The van der Waals surface area contributed by atoms with Crippen LogP contribution in [0.5, 0.6) is 0 Å². The van der Waals surface area contributed by atoms with Gasteiger partial charge in [-0.15, -0.1) is 0 Å². The number of hydrogen-bond acceptors (Lipinski definition) is 2. The van der Waals surface area contributed by atoms with Gasteiger partial charge >= 0.3 is 7.12 Å². The van der Waals surface area contributed by atoms with Gasteiger partial charge in [0, 0.05) is 28.5 Å². The minimum atomic E-state index is -0.334. The first-order valence-corrected chi connectivity index (χ1v) is 12.2. The third kappa shape index (κ3) is 3.70. The molecule has 33 heavy (non-hydrogen) atoms. The molecule has 1 saturated heterocycles. The summed E-state index contributed by atoms with van der Waals surface area (Å²) in [5, 5.41) is 2.65. The molecule has 0 saturated carbocycles. The maximum atomic E-state index is 6.37. The van der Waals surface area contributed by atoms with Crippen molar-refractivity contribution in [3.63, 3.8) is 0 Å². The number of hydrogen-bond donors (Lipinski definition) is 0. The predicted molar refractivity (Wildman–Crippen MR) is 140 cm³/mol. The molecule has 1 fully saturated rings.